The van der Waals surface area contributed by atoms with Crippen molar-refractivity contribution in [1.82, 2.24) is 4.90 Å². The molecule has 0 spiro atoms. The molecule has 1 rings (SSSR count). The molecular weight excluding hydrogens is 297 g/mol. The normalized spacial score (nSPS) is 12.1. The molecule has 17 heavy (non-hydrogen) atoms. The largest absolute Gasteiger partial charge is 0.401 e. The molecule has 0 heterocycles. The lowest BCUT2D eigenvalue weighted by molar-refractivity contribution is -0.146. The van der Waals surface area contributed by atoms with Crippen molar-refractivity contribution in [2.75, 3.05) is 18.8 Å². The van der Waals surface area contributed by atoms with E-state index in [1.54, 1.807) is 25.1 Å². The van der Waals surface area contributed by atoms with E-state index in [2.05, 4.69) is 15.9 Å². The lowest BCUT2D eigenvalue weighted by Gasteiger charge is -2.22. The summed E-state index contributed by atoms with van der Waals surface area (Å²) in [6.45, 7) is 1.39. The number of anilines is 1. The van der Waals surface area contributed by atoms with Crippen molar-refractivity contribution in [2.45, 2.75) is 19.6 Å². The fourth-order valence-corrected chi connectivity index (χ4v) is 1.73. The topological polar surface area (TPSA) is 29.3 Å². The van der Waals surface area contributed by atoms with Gasteiger partial charge in [-0.2, -0.15) is 13.2 Å². The molecule has 1 aromatic rings. The Morgan fingerprint density at radius 3 is 2.47 bits per heavy atom. The van der Waals surface area contributed by atoms with Gasteiger partial charge in [-0.25, -0.2) is 0 Å². The molecule has 0 atom stereocenters. The van der Waals surface area contributed by atoms with Gasteiger partial charge in [0.05, 0.1) is 6.54 Å². The van der Waals surface area contributed by atoms with Gasteiger partial charge in [0.15, 0.2) is 0 Å². The highest BCUT2D eigenvalue weighted by molar-refractivity contribution is 9.10. The monoisotopic (exact) mass is 310 g/mol. The maximum absolute atomic E-state index is 12.3. The molecule has 2 N–H and O–H groups in total. The minimum Gasteiger partial charge on any atom is -0.398 e. The predicted molar refractivity (Wildman–Crippen MR) is 65.6 cm³/mol. The van der Waals surface area contributed by atoms with Crippen LogP contribution in [-0.4, -0.2) is 24.2 Å². The van der Waals surface area contributed by atoms with Crippen LogP contribution < -0.4 is 5.73 Å². The summed E-state index contributed by atoms with van der Waals surface area (Å²) in [4.78, 5) is 1.32. The summed E-state index contributed by atoms with van der Waals surface area (Å²) < 4.78 is 37.5. The molecule has 0 unspecified atom stereocenters. The quantitative estimate of drug-likeness (QED) is 0.864. The molecule has 2 nitrogen and oxygen atoms in total. The van der Waals surface area contributed by atoms with E-state index in [-0.39, 0.29) is 6.54 Å². The molecule has 0 fully saturated rings. The van der Waals surface area contributed by atoms with Crippen LogP contribution in [0.1, 0.15) is 12.5 Å². The highest BCUT2D eigenvalue weighted by Crippen LogP contribution is 2.22. The van der Waals surface area contributed by atoms with Gasteiger partial charge < -0.3 is 5.73 Å². The zero-order valence-corrected chi connectivity index (χ0v) is 11.0. The van der Waals surface area contributed by atoms with E-state index in [0.29, 0.717) is 12.2 Å². The highest BCUT2D eigenvalue weighted by Gasteiger charge is 2.29. The summed E-state index contributed by atoms with van der Waals surface area (Å²) in [5.74, 6) is 0. The molecule has 0 radical (unpaired) electrons. The Morgan fingerprint density at radius 1 is 1.35 bits per heavy atom. The number of halogens is 4. The van der Waals surface area contributed by atoms with Crippen LogP contribution in [0.15, 0.2) is 22.7 Å². The van der Waals surface area contributed by atoms with E-state index in [1.807, 2.05) is 0 Å². The Labute approximate surface area is 107 Å². The van der Waals surface area contributed by atoms with E-state index >= 15 is 0 Å². The number of alkyl halides is 3. The van der Waals surface area contributed by atoms with Crippen molar-refractivity contribution in [3.63, 3.8) is 0 Å². The Balaban J connectivity index is 2.70. The van der Waals surface area contributed by atoms with Crippen LogP contribution in [0.3, 0.4) is 0 Å². The number of hydrogen-bond acceptors (Lipinski definition) is 2. The molecule has 0 saturated heterocycles. The zero-order chi connectivity index (χ0) is 13.1. The maximum Gasteiger partial charge on any atom is 0.401 e. The van der Waals surface area contributed by atoms with Gasteiger partial charge in [0.1, 0.15) is 0 Å². The molecule has 0 aliphatic rings. The van der Waals surface area contributed by atoms with Gasteiger partial charge in [-0.05, 0) is 40.2 Å². The van der Waals surface area contributed by atoms with Crippen LogP contribution in [0.25, 0.3) is 0 Å². The Morgan fingerprint density at radius 2 is 2.00 bits per heavy atom. The minimum absolute atomic E-state index is 0.244. The van der Waals surface area contributed by atoms with Crippen molar-refractivity contribution >= 4 is 21.6 Å². The van der Waals surface area contributed by atoms with Crippen LogP contribution >= 0.6 is 15.9 Å². The van der Waals surface area contributed by atoms with Gasteiger partial charge in [0.25, 0.3) is 0 Å². The maximum atomic E-state index is 12.3. The van der Waals surface area contributed by atoms with E-state index in [9.17, 15) is 13.2 Å². The number of nitrogens with zero attached hydrogens (tertiary/aromatic N) is 1. The van der Waals surface area contributed by atoms with Gasteiger partial charge >= 0.3 is 6.18 Å². The Kier molecular flexibility index (Phi) is 4.82. The standard InChI is InChI=1S/C11H14BrF3N2/c1-2-17(7-11(13,14)15)6-8-3-4-9(12)10(16)5-8/h3-5H,2,6-7,16H2,1H3. The second-order valence-corrected chi connectivity index (χ2v) is 4.63. The van der Waals surface area contributed by atoms with Crippen LogP contribution in [-0.2, 0) is 6.54 Å². The molecule has 0 saturated carbocycles. The summed E-state index contributed by atoms with van der Waals surface area (Å²) in [6, 6.07) is 5.19. The van der Waals surface area contributed by atoms with E-state index in [0.717, 1.165) is 10.0 Å². The van der Waals surface area contributed by atoms with E-state index < -0.39 is 12.7 Å². The summed E-state index contributed by atoms with van der Waals surface area (Å²) in [7, 11) is 0. The first-order valence-electron chi connectivity index (χ1n) is 5.15. The summed E-state index contributed by atoms with van der Waals surface area (Å²) in [5.41, 5.74) is 6.99. The fourth-order valence-electron chi connectivity index (χ4n) is 1.48. The summed E-state index contributed by atoms with van der Waals surface area (Å²) in [6.07, 6.45) is -4.17. The first-order chi connectivity index (χ1) is 7.81. The van der Waals surface area contributed by atoms with Crippen molar-refractivity contribution in [3.8, 4) is 0 Å². The van der Waals surface area contributed by atoms with E-state index in [1.165, 1.54) is 4.90 Å². The number of benzene rings is 1. The van der Waals surface area contributed by atoms with Crippen LogP contribution in [0.4, 0.5) is 18.9 Å². The second kappa shape index (κ2) is 5.73. The molecule has 0 aliphatic carbocycles. The molecule has 0 aliphatic heterocycles. The van der Waals surface area contributed by atoms with Gasteiger partial charge in [0.2, 0.25) is 0 Å². The van der Waals surface area contributed by atoms with Crippen LogP contribution in [0.2, 0.25) is 0 Å². The van der Waals surface area contributed by atoms with Crippen molar-refractivity contribution in [3.05, 3.63) is 28.2 Å². The summed E-state index contributed by atoms with van der Waals surface area (Å²) in [5, 5.41) is 0. The third-order valence-electron chi connectivity index (χ3n) is 2.32. The lowest BCUT2D eigenvalue weighted by Crippen LogP contribution is -2.33. The summed E-state index contributed by atoms with van der Waals surface area (Å²) >= 11 is 3.24. The zero-order valence-electron chi connectivity index (χ0n) is 9.39. The van der Waals surface area contributed by atoms with Gasteiger partial charge in [0, 0.05) is 16.7 Å². The molecule has 1 aromatic carbocycles. The molecule has 0 amide bonds. The second-order valence-electron chi connectivity index (χ2n) is 3.77. The fraction of sp³-hybridized carbons (Fsp3) is 0.455. The first kappa shape index (κ1) is 14.3. The first-order valence-corrected chi connectivity index (χ1v) is 5.94. The van der Waals surface area contributed by atoms with Crippen molar-refractivity contribution < 1.29 is 13.2 Å². The third-order valence-corrected chi connectivity index (χ3v) is 3.04. The van der Waals surface area contributed by atoms with Crippen molar-refractivity contribution in [1.29, 1.82) is 0 Å². The third kappa shape index (κ3) is 4.95. The number of rotatable bonds is 4. The molecule has 6 heteroatoms. The van der Waals surface area contributed by atoms with Gasteiger partial charge in [-0.15, -0.1) is 0 Å². The van der Waals surface area contributed by atoms with Crippen molar-refractivity contribution in [2.24, 2.45) is 0 Å². The Bertz CT molecular complexity index is 379. The average Bonchev–Trinajstić information content (AvgIpc) is 2.20. The van der Waals surface area contributed by atoms with Crippen LogP contribution in [0, 0.1) is 0 Å². The lowest BCUT2D eigenvalue weighted by atomic mass is 10.2. The number of nitrogens with two attached hydrogens (primary N) is 1. The molecular formula is C11H14BrF3N2. The minimum atomic E-state index is -4.17. The number of hydrogen-bond donors (Lipinski definition) is 1. The SMILES string of the molecule is CCN(Cc1ccc(Br)c(N)c1)CC(F)(F)F. The van der Waals surface area contributed by atoms with E-state index in [4.69, 9.17) is 5.73 Å². The van der Waals surface area contributed by atoms with Gasteiger partial charge in [-0.1, -0.05) is 13.0 Å². The smallest absolute Gasteiger partial charge is 0.398 e. The molecule has 0 bridgehead atoms. The Hall–Kier alpha value is -0.750. The highest BCUT2D eigenvalue weighted by atomic mass is 79.9. The molecule has 96 valence electrons. The molecule has 0 aromatic heterocycles. The van der Waals surface area contributed by atoms with Crippen LogP contribution in [0.5, 0.6) is 0 Å². The predicted octanol–water partition coefficient (Wildman–Crippen LogP) is 3.42. The average molecular weight is 311 g/mol. The van der Waals surface area contributed by atoms with Gasteiger partial charge in [-0.3, -0.25) is 4.90 Å². The number of nitrogen functional groups attached to an aromatic ring is 1.